The Balaban J connectivity index is 2.04. The van der Waals surface area contributed by atoms with Gasteiger partial charge in [0.15, 0.2) is 0 Å². The van der Waals surface area contributed by atoms with Crippen molar-refractivity contribution < 1.29 is 9.84 Å². The monoisotopic (exact) mass is 278 g/mol. The first-order valence-corrected chi connectivity index (χ1v) is 7.30. The Morgan fingerprint density at radius 2 is 2.25 bits per heavy atom. The molecule has 0 saturated carbocycles. The van der Waals surface area contributed by atoms with E-state index in [-0.39, 0.29) is 6.04 Å². The molecule has 1 N–H and O–H groups in total. The average Bonchev–Trinajstić information content (AvgIpc) is 2.83. The highest BCUT2D eigenvalue weighted by molar-refractivity contribution is 5.41. The van der Waals surface area contributed by atoms with Gasteiger partial charge in [0.25, 0.3) is 0 Å². The molecule has 4 nitrogen and oxygen atoms in total. The predicted molar refractivity (Wildman–Crippen MR) is 81.4 cm³/mol. The molecule has 0 aliphatic carbocycles. The van der Waals surface area contributed by atoms with Crippen molar-refractivity contribution in [2.45, 2.75) is 31.8 Å². The van der Waals surface area contributed by atoms with Gasteiger partial charge in [0, 0.05) is 30.3 Å². The minimum Gasteiger partial charge on any atom is -0.507 e. The smallest absolute Gasteiger partial charge is 0.124 e. The predicted octanol–water partition coefficient (Wildman–Crippen LogP) is 2.49. The Kier molecular flexibility index (Phi) is 4.89. The quantitative estimate of drug-likeness (QED) is 0.897. The molecule has 0 radical (unpaired) electrons. The average molecular weight is 278 g/mol. The zero-order valence-electron chi connectivity index (χ0n) is 13.0. The molecule has 2 rings (SSSR count). The first-order valence-electron chi connectivity index (χ1n) is 7.30. The number of phenols is 1. The van der Waals surface area contributed by atoms with Crippen LogP contribution in [0.25, 0.3) is 0 Å². The first-order chi connectivity index (χ1) is 9.52. The Bertz CT molecular complexity index is 450. The van der Waals surface area contributed by atoms with Gasteiger partial charge < -0.3 is 14.7 Å². The molecule has 112 valence electrons. The molecule has 4 heteroatoms. The maximum atomic E-state index is 10.1. The second-order valence-electron chi connectivity index (χ2n) is 5.82. The normalized spacial score (nSPS) is 21.4. The summed E-state index contributed by atoms with van der Waals surface area (Å²) in [6, 6.07) is 6.36. The zero-order chi connectivity index (χ0) is 14.7. The van der Waals surface area contributed by atoms with Crippen LogP contribution in [0.5, 0.6) is 11.5 Å². The summed E-state index contributed by atoms with van der Waals surface area (Å²) in [7, 11) is 5.93. The number of methoxy groups -OCH3 is 1. The molecule has 0 spiro atoms. The highest BCUT2D eigenvalue weighted by atomic mass is 16.5. The lowest BCUT2D eigenvalue weighted by molar-refractivity contribution is 0.183. The Hall–Kier alpha value is -1.26. The van der Waals surface area contributed by atoms with E-state index in [1.54, 1.807) is 13.2 Å². The standard InChI is InChI=1S/C16H26N2O2/c1-12(15-8-7-14(20-4)10-16(15)19)18(3)11-13-6-5-9-17(13)2/h7-8,10,12-13,19H,5-6,9,11H2,1-4H3. The van der Waals surface area contributed by atoms with E-state index in [0.717, 1.165) is 12.1 Å². The van der Waals surface area contributed by atoms with Crippen molar-refractivity contribution in [2.75, 3.05) is 34.3 Å². The summed E-state index contributed by atoms with van der Waals surface area (Å²) in [5, 5.41) is 10.1. The number of hydrogen-bond acceptors (Lipinski definition) is 4. The fourth-order valence-corrected chi connectivity index (χ4v) is 2.94. The van der Waals surface area contributed by atoms with Crippen molar-refractivity contribution in [1.82, 2.24) is 9.80 Å². The van der Waals surface area contributed by atoms with Crippen molar-refractivity contribution in [3.05, 3.63) is 23.8 Å². The lowest BCUT2D eigenvalue weighted by Crippen LogP contribution is -2.37. The molecule has 1 fully saturated rings. The lowest BCUT2D eigenvalue weighted by atomic mass is 10.0. The highest BCUT2D eigenvalue weighted by Crippen LogP contribution is 2.31. The van der Waals surface area contributed by atoms with E-state index in [2.05, 4.69) is 30.8 Å². The van der Waals surface area contributed by atoms with Crippen LogP contribution in [-0.4, -0.2) is 55.2 Å². The van der Waals surface area contributed by atoms with E-state index in [4.69, 9.17) is 4.74 Å². The van der Waals surface area contributed by atoms with Crippen molar-refractivity contribution >= 4 is 0 Å². The molecule has 1 aliphatic rings. The summed E-state index contributed by atoms with van der Waals surface area (Å²) in [5.41, 5.74) is 0.953. The summed E-state index contributed by atoms with van der Waals surface area (Å²) < 4.78 is 5.13. The molecule has 0 amide bonds. The summed E-state index contributed by atoms with van der Waals surface area (Å²) in [5.74, 6) is 1.00. The van der Waals surface area contributed by atoms with Gasteiger partial charge in [-0.25, -0.2) is 0 Å². The fourth-order valence-electron chi connectivity index (χ4n) is 2.94. The van der Waals surface area contributed by atoms with Crippen LogP contribution >= 0.6 is 0 Å². The molecule has 0 bridgehead atoms. The fraction of sp³-hybridized carbons (Fsp3) is 0.625. The van der Waals surface area contributed by atoms with Crippen LogP contribution in [0.3, 0.4) is 0 Å². The number of hydrogen-bond donors (Lipinski definition) is 1. The van der Waals surface area contributed by atoms with E-state index in [0.29, 0.717) is 17.5 Å². The van der Waals surface area contributed by atoms with Crippen molar-refractivity contribution in [3.8, 4) is 11.5 Å². The van der Waals surface area contributed by atoms with Crippen LogP contribution in [0.4, 0.5) is 0 Å². The van der Waals surface area contributed by atoms with Gasteiger partial charge in [-0.15, -0.1) is 0 Å². The maximum Gasteiger partial charge on any atom is 0.124 e. The molecular weight excluding hydrogens is 252 g/mol. The van der Waals surface area contributed by atoms with Gasteiger partial charge in [-0.3, -0.25) is 4.90 Å². The van der Waals surface area contributed by atoms with Crippen LogP contribution < -0.4 is 4.74 Å². The number of benzene rings is 1. The molecule has 1 aliphatic heterocycles. The van der Waals surface area contributed by atoms with Crippen molar-refractivity contribution in [1.29, 1.82) is 0 Å². The molecule has 20 heavy (non-hydrogen) atoms. The first kappa shape index (κ1) is 15.1. The SMILES string of the molecule is COc1ccc(C(C)N(C)CC2CCCN2C)c(O)c1. The van der Waals surface area contributed by atoms with Gasteiger partial charge in [0.2, 0.25) is 0 Å². The minimum atomic E-state index is 0.190. The van der Waals surface area contributed by atoms with E-state index in [1.807, 2.05) is 12.1 Å². The van der Waals surface area contributed by atoms with Crippen LogP contribution in [-0.2, 0) is 0 Å². The third-order valence-electron chi connectivity index (χ3n) is 4.52. The van der Waals surface area contributed by atoms with Crippen LogP contribution in [0.2, 0.25) is 0 Å². The third kappa shape index (κ3) is 3.25. The Morgan fingerprint density at radius 1 is 1.50 bits per heavy atom. The van der Waals surface area contributed by atoms with E-state index < -0.39 is 0 Å². The molecule has 2 unspecified atom stereocenters. The van der Waals surface area contributed by atoms with E-state index >= 15 is 0 Å². The number of likely N-dealkylation sites (tertiary alicyclic amines) is 1. The number of aromatic hydroxyl groups is 1. The molecule has 1 heterocycles. The number of rotatable bonds is 5. The number of likely N-dealkylation sites (N-methyl/N-ethyl adjacent to an activating group) is 2. The molecule has 0 aromatic heterocycles. The number of phenolic OH excluding ortho intramolecular Hbond substituents is 1. The second-order valence-corrected chi connectivity index (χ2v) is 5.82. The van der Waals surface area contributed by atoms with Gasteiger partial charge in [0.1, 0.15) is 11.5 Å². The molecule has 1 aromatic carbocycles. The Labute approximate surface area is 122 Å². The number of ether oxygens (including phenoxy) is 1. The third-order valence-corrected chi connectivity index (χ3v) is 4.52. The van der Waals surface area contributed by atoms with E-state index in [1.165, 1.54) is 19.4 Å². The van der Waals surface area contributed by atoms with Gasteiger partial charge in [-0.2, -0.15) is 0 Å². The van der Waals surface area contributed by atoms with E-state index in [9.17, 15) is 5.11 Å². The molecular formula is C16H26N2O2. The largest absolute Gasteiger partial charge is 0.507 e. The van der Waals surface area contributed by atoms with Gasteiger partial charge >= 0.3 is 0 Å². The van der Waals surface area contributed by atoms with Gasteiger partial charge in [-0.1, -0.05) is 6.07 Å². The van der Waals surface area contributed by atoms with Crippen molar-refractivity contribution in [2.24, 2.45) is 0 Å². The van der Waals surface area contributed by atoms with Crippen LogP contribution in [0, 0.1) is 0 Å². The summed E-state index contributed by atoms with van der Waals surface area (Å²) in [4.78, 5) is 4.74. The molecule has 2 atom stereocenters. The minimum absolute atomic E-state index is 0.190. The second kappa shape index (κ2) is 6.46. The Morgan fingerprint density at radius 3 is 2.80 bits per heavy atom. The molecule has 1 saturated heterocycles. The van der Waals surface area contributed by atoms with Gasteiger partial charge in [0.05, 0.1) is 7.11 Å². The van der Waals surface area contributed by atoms with Crippen molar-refractivity contribution in [3.63, 3.8) is 0 Å². The molecule has 1 aromatic rings. The highest BCUT2D eigenvalue weighted by Gasteiger charge is 2.25. The number of nitrogens with zero attached hydrogens (tertiary/aromatic N) is 2. The van der Waals surface area contributed by atoms with Crippen LogP contribution in [0.15, 0.2) is 18.2 Å². The maximum absolute atomic E-state index is 10.1. The summed E-state index contributed by atoms with van der Waals surface area (Å²) in [6.45, 7) is 4.36. The lowest BCUT2D eigenvalue weighted by Gasteiger charge is -2.30. The topological polar surface area (TPSA) is 35.9 Å². The zero-order valence-corrected chi connectivity index (χ0v) is 13.0. The summed E-state index contributed by atoms with van der Waals surface area (Å²) in [6.07, 6.45) is 2.55. The van der Waals surface area contributed by atoms with Crippen LogP contribution in [0.1, 0.15) is 31.4 Å². The summed E-state index contributed by atoms with van der Waals surface area (Å²) >= 11 is 0. The van der Waals surface area contributed by atoms with Gasteiger partial charge in [-0.05, 0) is 46.5 Å².